The smallest absolute Gasteiger partial charge is 0.748 e. The average molecular weight is 2450 g/mol. The molecule has 0 amide bonds. The van der Waals surface area contributed by atoms with E-state index in [1.54, 1.807) is 0 Å². The molecule has 0 N–H and O–H groups in total. The summed E-state index contributed by atoms with van der Waals surface area (Å²) in [5, 5.41) is 0. The third-order valence-corrected chi connectivity index (χ3v) is 29.3. The van der Waals surface area contributed by atoms with E-state index in [1.165, 1.54) is 99.5 Å². The summed E-state index contributed by atoms with van der Waals surface area (Å²) in [4.78, 5) is 0. The van der Waals surface area contributed by atoms with Gasteiger partial charge in [-0.05, 0) is 44.9 Å². The Bertz CT molecular complexity index is 3680. The quantitative estimate of drug-likeness (QED) is 0.0310. The molecular formula is C77H133K7O56S7. The summed E-state index contributed by atoms with van der Waals surface area (Å²) in [6, 6.07) is 0. The monoisotopic (exact) mass is 2450 g/mol. The fourth-order valence-electron chi connectivity index (χ4n) is 17.5. The Morgan fingerprint density at radius 2 is 0.259 bits per heavy atom. The molecule has 21 aliphatic heterocycles. The van der Waals surface area contributed by atoms with E-state index in [0.717, 1.165) is 0 Å². The van der Waals surface area contributed by atoms with Crippen LogP contribution in [0.15, 0.2) is 0 Å². The van der Waals surface area contributed by atoms with Crippen LogP contribution in [0.5, 0.6) is 0 Å². The maximum atomic E-state index is 12.0. The minimum absolute atomic E-state index is 0. The second kappa shape index (κ2) is 77.0. The molecule has 21 rings (SSSR count). The van der Waals surface area contributed by atoms with Crippen LogP contribution >= 0.6 is 0 Å². The minimum atomic E-state index is -4.82. The number of ether oxygens (including phenoxy) is 35. The van der Waals surface area contributed by atoms with Gasteiger partial charge >= 0.3 is 360 Å². The van der Waals surface area contributed by atoms with E-state index in [-0.39, 0.29) is 405 Å². The number of hydrogen-bond acceptors (Lipinski definition) is 56. The minimum Gasteiger partial charge on any atom is -0.748 e. The van der Waals surface area contributed by atoms with E-state index < -0.39 is 419 Å². The summed E-state index contributed by atoms with van der Waals surface area (Å²) in [7, 11) is -16.4. The first-order chi connectivity index (χ1) is 66.2. The van der Waals surface area contributed by atoms with E-state index in [1.807, 2.05) is 0 Å². The Morgan fingerprint density at radius 3 is 0.340 bits per heavy atom. The molecule has 0 aromatic carbocycles. The summed E-state index contributed by atoms with van der Waals surface area (Å²) in [5.41, 5.74) is 0. The molecule has 70 heteroatoms. The largest absolute Gasteiger partial charge is 1.00 e. The van der Waals surface area contributed by atoms with E-state index in [2.05, 4.69) is 0 Å². The molecule has 0 unspecified atom stereocenters. The molecule has 0 aromatic heterocycles. The Morgan fingerprint density at radius 1 is 0.163 bits per heavy atom. The van der Waals surface area contributed by atoms with Crippen molar-refractivity contribution < 1.29 is 616 Å². The molecule has 0 spiro atoms. The summed E-state index contributed by atoms with van der Waals surface area (Å²) < 4.78 is 479. The second-order valence-corrected chi connectivity index (χ2v) is 43.8. The van der Waals surface area contributed by atoms with Gasteiger partial charge in [0.2, 0.25) is 0 Å². The average Bonchev–Trinajstić information content (AvgIpc) is 0.775. The third kappa shape index (κ3) is 50.8. The zero-order valence-corrected chi connectivity index (χ0v) is 114. The van der Waals surface area contributed by atoms with Crippen molar-refractivity contribution in [3.05, 3.63) is 0 Å². The molecule has 21 saturated heterocycles. The second-order valence-electron chi connectivity index (χ2n) is 33.1. The molecule has 0 aliphatic carbocycles. The molecule has 0 saturated carbocycles. The predicted molar refractivity (Wildman–Crippen MR) is 456 cm³/mol. The topological polar surface area (TPSA) is 723 Å². The van der Waals surface area contributed by atoms with Crippen molar-refractivity contribution in [2.75, 3.05) is 232 Å². The number of methoxy groups -OCH3 is 14. The molecule has 56 nitrogen and oxygen atoms in total. The van der Waals surface area contributed by atoms with Crippen molar-refractivity contribution >= 4 is 70.8 Å². The molecule has 21 aliphatic rings. The Kier molecular flexibility index (Phi) is 80.9. The van der Waals surface area contributed by atoms with Gasteiger partial charge in [-0.15, -0.1) is 0 Å². The first kappa shape index (κ1) is 154. The first-order valence-corrected chi connectivity index (χ1v) is 55.4. The molecular weight excluding hydrogens is 2320 g/mol. The third-order valence-electron chi connectivity index (χ3n) is 23.7. The van der Waals surface area contributed by atoms with Gasteiger partial charge in [-0.2, -0.15) is 0 Å². The van der Waals surface area contributed by atoms with Crippen molar-refractivity contribution in [2.45, 2.75) is 260 Å². The van der Waals surface area contributed by atoms with Crippen LogP contribution in [0.4, 0.5) is 0 Å². The SMILES string of the molecule is CO[C@@H]1[C@@H](OC)[C@H]2O[C@H]3[C@H](OC)[C@@H](OC)[C@@H](O[C@H]4[C@@H](OC)[C@@H](OC)[C@@H](O[C@H]5[C@@H](OC)[C@H](OC)[C@@H](O[C@H]6[C@H](OC)[C@H](OC)[C@@H](O[C@H]7[C@H](OC)[C@@H](OC)[C@@H](O[C@H]8[C@H](OC)[C@@H](OC)[C@@H](O[C@@H]1[C@H](COCCCS(=O)(=O)[O-])O2)O[C@H]8COCCCS(=O)(=O)[O-])O[C@@H]7COCCCS(=O)(=O)[O-])O[C@@H]6COCCCS(=O)(=O)[O-])O[C@@H]5COCCCS(=O)(=O)[O-])O[C@@H]4COCCCS(=O)(=O)[O-])O[C@H]3COCCCS(=O)(=O)[O-].[K+].[K+].[K+].[K+].[K+].[K+].[K+]. The van der Waals surface area contributed by atoms with Crippen LogP contribution < -0.4 is 360 Å². The van der Waals surface area contributed by atoms with Gasteiger partial charge in [0, 0.05) is 186 Å². The number of rotatable bonds is 56. The van der Waals surface area contributed by atoms with Crippen molar-refractivity contribution in [3.63, 3.8) is 0 Å². The van der Waals surface area contributed by atoms with E-state index in [4.69, 9.17) is 166 Å². The summed E-state index contributed by atoms with van der Waals surface area (Å²) in [6.45, 7) is -7.08. The van der Waals surface area contributed by atoms with Crippen LogP contribution in [0.2, 0.25) is 0 Å². The van der Waals surface area contributed by atoms with Crippen LogP contribution in [0, 0.1) is 0 Å². The maximum absolute atomic E-state index is 12.0. The van der Waals surface area contributed by atoms with Gasteiger partial charge in [0.15, 0.2) is 44.0 Å². The van der Waals surface area contributed by atoms with Crippen molar-refractivity contribution in [1.82, 2.24) is 0 Å². The van der Waals surface area contributed by atoms with Gasteiger partial charge in [-0.1, -0.05) is 0 Å². The molecule has 826 valence electrons. The zero-order valence-electron chi connectivity index (χ0n) is 86.7. The van der Waals surface area contributed by atoms with Gasteiger partial charge in [0.25, 0.3) is 0 Å². The number of hydrogen-bond donors (Lipinski definition) is 0. The molecule has 0 aromatic rings. The van der Waals surface area contributed by atoms with E-state index in [9.17, 15) is 90.8 Å². The molecule has 147 heavy (non-hydrogen) atoms. The maximum Gasteiger partial charge on any atom is 1.00 e. The summed E-state index contributed by atoms with van der Waals surface area (Å²) in [6.07, 6.45) is -57.0. The van der Waals surface area contributed by atoms with Crippen molar-refractivity contribution in [3.8, 4) is 0 Å². The normalized spacial score (nSPS) is 34.9. The van der Waals surface area contributed by atoms with Gasteiger partial charge in [0.05, 0.1) is 117 Å². The molecule has 21 fully saturated rings. The van der Waals surface area contributed by atoms with Crippen LogP contribution in [0.3, 0.4) is 0 Å². The standard InChI is InChI=1S/C77H140O56S7.7K/c1-99-57-50-43(36-113-22-15-29-134(78,79)80)120-71(64(57)106-8)128-51-44(37-114-23-16-30-135(81,82)83)122-73(66(108-10)58(51)100-2)130-53-46(39-116-25-18-32-137(87,88)89)124-75(68(110-12)60(53)102-4)132-55-48(41-118-27-20-34-139(93,94)95)126-77(70(112-14)62(55)104-6)133-56-49(42-119-28-21-35-140(96,97)98)125-76(69(111-13)63(56)105-7)131-54-47(40-117-26-19-33-138(90,91)92)123-74(67(109-11)61(54)103-5)129-52-45(38-115-24-17-31-136(84,85)86)121-72(127-50)65(107-9)59(52)101-3;;;;;;;/h43-77H,15-42H2,1-14H3,(H,78,79,80)(H,81,82,83)(H,84,85,86)(H,87,88,89)(H,90,91,92)(H,93,94,95)(H,96,97,98);;;;;;;/q;7*+1/p-7/t43-,44-,45-,46-,47+,48+,49+,50-,51-,52-,53-,54-,55-,56-,57-,58+,59-,60+,61+,62+,63+,64+,65-,66+,67-,68-,69-,70-,71-,72-,73-,74-,75-,76-,77-;;;;;;;/m1......./s1. The van der Waals surface area contributed by atoms with Gasteiger partial charge in [-0.25, -0.2) is 58.9 Å². The van der Waals surface area contributed by atoms with Gasteiger partial charge in [-0.3, -0.25) is 0 Å². The Balaban J connectivity index is 0.0000154. The van der Waals surface area contributed by atoms with Crippen molar-refractivity contribution in [2.24, 2.45) is 0 Å². The molecule has 14 bridgehead atoms. The zero-order chi connectivity index (χ0) is 103. The van der Waals surface area contributed by atoms with Crippen LogP contribution in [-0.2, 0) is 237 Å². The molecule has 35 atom stereocenters. The predicted octanol–water partition coefficient (Wildman–Crippen LogP) is -27.3. The van der Waals surface area contributed by atoms with Crippen LogP contribution in [0.25, 0.3) is 0 Å². The van der Waals surface area contributed by atoms with Gasteiger partial charge < -0.3 is 198 Å². The fraction of sp³-hybridized carbons (Fsp3) is 1.00. The Labute approximate surface area is 1160 Å². The first-order valence-electron chi connectivity index (χ1n) is 44.4. The summed E-state index contributed by atoms with van der Waals surface area (Å²) in [5.74, 6) is -6.19. The van der Waals surface area contributed by atoms with Crippen LogP contribution in [-0.4, -0.2) is 538 Å². The van der Waals surface area contributed by atoms with E-state index in [0.29, 0.717) is 0 Å². The van der Waals surface area contributed by atoms with Crippen molar-refractivity contribution in [1.29, 1.82) is 0 Å². The molecule has 21 heterocycles. The molecule has 0 radical (unpaired) electrons. The van der Waals surface area contributed by atoms with Gasteiger partial charge in [0.1, 0.15) is 171 Å². The van der Waals surface area contributed by atoms with Crippen LogP contribution in [0.1, 0.15) is 44.9 Å². The Hall–Kier alpha value is 9.42. The fourth-order valence-corrected chi connectivity index (χ4v) is 20.8. The summed E-state index contributed by atoms with van der Waals surface area (Å²) >= 11 is 0. The van der Waals surface area contributed by atoms with E-state index >= 15 is 0 Å².